The van der Waals surface area contributed by atoms with Crippen LogP contribution in [0.15, 0.2) is 30.5 Å². The van der Waals surface area contributed by atoms with Gasteiger partial charge in [-0.2, -0.15) is 0 Å². The van der Waals surface area contributed by atoms with Gasteiger partial charge in [-0.3, -0.25) is 9.59 Å². The number of hydrogen-bond donors (Lipinski definition) is 3. The maximum atomic E-state index is 11.9. The molecule has 0 atom stereocenters. The third-order valence-electron chi connectivity index (χ3n) is 2.92. The lowest BCUT2D eigenvalue weighted by Gasteiger charge is -2.04. The molecule has 100 valence electrons. The van der Waals surface area contributed by atoms with Crippen molar-refractivity contribution in [1.29, 1.82) is 0 Å². The molecule has 0 unspecified atom stereocenters. The zero-order chi connectivity index (χ0) is 13.7. The minimum Gasteiger partial charge on any atom is -0.481 e. The molecular formula is C14H16N2O3. The molecule has 0 aliphatic rings. The minimum atomic E-state index is -0.802. The quantitative estimate of drug-likeness (QED) is 0.696. The summed E-state index contributed by atoms with van der Waals surface area (Å²) in [4.78, 5) is 25.3. The highest BCUT2D eigenvalue weighted by atomic mass is 16.4. The van der Waals surface area contributed by atoms with Gasteiger partial charge in [0.1, 0.15) is 0 Å². The van der Waals surface area contributed by atoms with E-state index in [0.29, 0.717) is 24.9 Å². The Balaban J connectivity index is 1.84. The van der Waals surface area contributed by atoms with Crippen LogP contribution in [0.1, 0.15) is 29.6 Å². The zero-order valence-corrected chi connectivity index (χ0v) is 10.5. The van der Waals surface area contributed by atoms with E-state index in [0.717, 1.165) is 10.9 Å². The molecule has 0 bridgehead atoms. The molecule has 19 heavy (non-hydrogen) atoms. The summed E-state index contributed by atoms with van der Waals surface area (Å²) in [6, 6.07) is 7.39. The third kappa shape index (κ3) is 3.58. The first-order valence-corrected chi connectivity index (χ1v) is 6.24. The number of H-pyrrole nitrogens is 1. The molecule has 5 heteroatoms. The second kappa shape index (κ2) is 6.04. The van der Waals surface area contributed by atoms with Crippen LogP contribution >= 0.6 is 0 Å². The maximum Gasteiger partial charge on any atom is 0.303 e. The fourth-order valence-corrected chi connectivity index (χ4v) is 1.90. The molecule has 5 nitrogen and oxygen atoms in total. The molecule has 2 aromatic rings. The first-order chi connectivity index (χ1) is 9.16. The number of carbonyl (C=O) groups is 2. The van der Waals surface area contributed by atoms with E-state index >= 15 is 0 Å². The van der Waals surface area contributed by atoms with Crippen molar-refractivity contribution in [3.05, 3.63) is 36.0 Å². The van der Waals surface area contributed by atoms with Gasteiger partial charge >= 0.3 is 5.97 Å². The van der Waals surface area contributed by atoms with Crippen molar-refractivity contribution in [3.63, 3.8) is 0 Å². The Morgan fingerprint density at radius 1 is 1.21 bits per heavy atom. The Morgan fingerprint density at radius 2 is 2.05 bits per heavy atom. The summed E-state index contributed by atoms with van der Waals surface area (Å²) in [5, 5.41) is 12.3. The van der Waals surface area contributed by atoms with Crippen molar-refractivity contribution in [1.82, 2.24) is 10.3 Å². The first kappa shape index (κ1) is 13.1. The van der Waals surface area contributed by atoms with Crippen molar-refractivity contribution in [2.75, 3.05) is 6.54 Å². The number of unbranched alkanes of at least 4 members (excludes halogenated alkanes) is 1. The second-order valence-electron chi connectivity index (χ2n) is 4.39. The maximum absolute atomic E-state index is 11.9. The molecule has 0 saturated carbocycles. The molecule has 2 rings (SSSR count). The number of hydrogen-bond acceptors (Lipinski definition) is 2. The lowest BCUT2D eigenvalue weighted by atomic mass is 10.1. The number of rotatable bonds is 6. The zero-order valence-electron chi connectivity index (χ0n) is 10.5. The monoisotopic (exact) mass is 260 g/mol. The van der Waals surface area contributed by atoms with E-state index in [1.165, 1.54) is 0 Å². The van der Waals surface area contributed by atoms with E-state index in [4.69, 9.17) is 5.11 Å². The Labute approximate surface area is 110 Å². The number of nitrogens with one attached hydrogen (secondary N) is 2. The Kier molecular flexibility index (Phi) is 4.18. The number of aliphatic carboxylic acids is 1. The smallest absolute Gasteiger partial charge is 0.303 e. The number of fused-ring (bicyclic) bond motifs is 1. The molecule has 0 spiro atoms. The van der Waals surface area contributed by atoms with Crippen LogP contribution in [-0.4, -0.2) is 28.5 Å². The largest absolute Gasteiger partial charge is 0.481 e. The minimum absolute atomic E-state index is 0.126. The fraction of sp³-hybridized carbons (Fsp3) is 0.286. The predicted molar refractivity (Wildman–Crippen MR) is 72.1 cm³/mol. The summed E-state index contributed by atoms with van der Waals surface area (Å²) in [6.45, 7) is 0.497. The highest BCUT2D eigenvalue weighted by Crippen LogP contribution is 2.14. The summed E-state index contributed by atoms with van der Waals surface area (Å²) in [6.07, 6.45) is 3.22. The molecule has 0 saturated heterocycles. The number of carboxylic acids is 1. The third-order valence-corrected chi connectivity index (χ3v) is 2.92. The highest BCUT2D eigenvalue weighted by Gasteiger charge is 2.06. The average molecular weight is 260 g/mol. The van der Waals surface area contributed by atoms with Crippen LogP contribution in [0, 0.1) is 0 Å². The van der Waals surface area contributed by atoms with Crippen LogP contribution in [0.25, 0.3) is 10.9 Å². The number of amides is 1. The molecule has 0 aliphatic carbocycles. The van der Waals surface area contributed by atoms with Crippen LogP contribution in [0.3, 0.4) is 0 Å². The molecule has 0 radical (unpaired) electrons. The standard InChI is InChI=1S/C14H16N2O3/c17-13(18)3-1-2-7-16-14(19)11-4-5-12-10(9-11)6-8-15-12/h4-6,8-9,15H,1-3,7H2,(H,16,19)(H,17,18). The van der Waals surface area contributed by atoms with Gasteiger partial charge in [0.2, 0.25) is 0 Å². The van der Waals surface area contributed by atoms with Crippen LogP contribution < -0.4 is 5.32 Å². The molecule has 0 aliphatic heterocycles. The lowest BCUT2D eigenvalue weighted by Crippen LogP contribution is -2.24. The number of aromatic amines is 1. The van der Waals surface area contributed by atoms with Gasteiger partial charge in [0, 0.05) is 35.6 Å². The first-order valence-electron chi connectivity index (χ1n) is 6.24. The van der Waals surface area contributed by atoms with Crippen molar-refractivity contribution in [2.24, 2.45) is 0 Å². The van der Waals surface area contributed by atoms with Gasteiger partial charge in [-0.05, 0) is 37.1 Å². The van der Waals surface area contributed by atoms with Crippen LogP contribution in [0.4, 0.5) is 0 Å². The van der Waals surface area contributed by atoms with Crippen molar-refractivity contribution >= 4 is 22.8 Å². The average Bonchev–Trinajstić information content (AvgIpc) is 2.84. The van der Waals surface area contributed by atoms with Gasteiger partial charge in [-0.15, -0.1) is 0 Å². The van der Waals surface area contributed by atoms with E-state index in [9.17, 15) is 9.59 Å². The lowest BCUT2D eigenvalue weighted by molar-refractivity contribution is -0.137. The summed E-state index contributed by atoms with van der Waals surface area (Å²) >= 11 is 0. The van der Waals surface area contributed by atoms with Crippen molar-refractivity contribution < 1.29 is 14.7 Å². The number of benzene rings is 1. The number of aromatic nitrogens is 1. The van der Waals surface area contributed by atoms with Gasteiger partial charge in [0.15, 0.2) is 0 Å². The van der Waals surface area contributed by atoms with E-state index in [1.54, 1.807) is 6.07 Å². The molecule has 1 heterocycles. The Hall–Kier alpha value is -2.30. The molecule has 3 N–H and O–H groups in total. The van der Waals surface area contributed by atoms with Gasteiger partial charge < -0.3 is 15.4 Å². The van der Waals surface area contributed by atoms with Gasteiger partial charge in [0.05, 0.1) is 0 Å². The molecule has 1 amide bonds. The fourth-order valence-electron chi connectivity index (χ4n) is 1.90. The van der Waals surface area contributed by atoms with Crippen LogP contribution in [0.5, 0.6) is 0 Å². The van der Waals surface area contributed by atoms with E-state index < -0.39 is 5.97 Å². The molecule has 1 aromatic heterocycles. The second-order valence-corrected chi connectivity index (χ2v) is 4.39. The Morgan fingerprint density at radius 3 is 2.84 bits per heavy atom. The summed E-state index contributed by atoms with van der Waals surface area (Å²) in [5.41, 5.74) is 1.61. The van der Waals surface area contributed by atoms with Gasteiger partial charge in [-0.1, -0.05) is 0 Å². The highest BCUT2D eigenvalue weighted by molar-refractivity contribution is 5.98. The van der Waals surface area contributed by atoms with Gasteiger partial charge in [0.25, 0.3) is 5.91 Å². The van der Waals surface area contributed by atoms with Gasteiger partial charge in [-0.25, -0.2) is 0 Å². The predicted octanol–water partition coefficient (Wildman–Crippen LogP) is 2.15. The molecule has 1 aromatic carbocycles. The van der Waals surface area contributed by atoms with Crippen LogP contribution in [0.2, 0.25) is 0 Å². The summed E-state index contributed by atoms with van der Waals surface area (Å²) in [7, 11) is 0. The SMILES string of the molecule is O=C(O)CCCCNC(=O)c1ccc2[nH]ccc2c1. The van der Waals surface area contributed by atoms with Crippen LogP contribution in [-0.2, 0) is 4.79 Å². The molecular weight excluding hydrogens is 244 g/mol. The molecule has 0 fully saturated rings. The summed E-state index contributed by atoms with van der Waals surface area (Å²) < 4.78 is 0. The van der Waals surface area contributed by atoms with E-state index in [2.05, 4.69) is 10.3 Å². The topological polar surface area (TPSA) is 82.2 Å². The van der Waals surface area contributed by atoms with Crippen molar-refractivity contribution in [3.8, 4) is 0 Å². The number of carbonyl (C=O) groups excluding carboxylic acids is 1. The van der Waals surface area contributed by atoms with E-state index in [-0.39, 0.29) is 12.3 Å². The summed E-state index contributed by atoms with van der Waals surface area (Å²) in [5.74, 6) is -0.928. The Bertz CT molecular complexity index is 589. The van der Waals surface area contributed by atoms with E-state index in [1.807, 2.05) is 24.4 Å². The number of carboxylic acid groups (broad SMARTS) is 1. The normalized spacial score (nSPS) is 10.5. The van der Waals surface area contributed by atoms with Crippen molar-refractivity contribution in [2.45, 2.75) is 19.3 Å².